The van der Waals surface area contributed by atoms with E-state index in [1.807, 2.05) is 0 Å². The number of hydrogen-bond donors (Lipinski definition) is 0. The molecule has 1 atom stereocenters. The molecule has 20 heavy (non-hydrogen) atoms. The van der Waals surface area contributed by atoms with Crippen molar-refractivity contribution in [3.63, 3.8) is 0 Å². The number of hydrogen-bond acceptors (Lipinski definition) is 3. The summed E-state index contributed by atoms with van der Waals surface area (Å²) >= 11 is 0. The van der Waals surface area contributed by atoms with E-state index in [0.29, 0.717) is 30.7 Å². The molecule has 1 unspecified atom stereocenters. The molecule has 0 aromatic heterocycles. The molecule has 0 aliphatic carbocycles. The second-order valence-electron chi connectivity index (χ2n) is 7.99. The summed E-state index contributed by atoms with van der Waals surface area (Å²) in [4.78, 5) is 0. The largest absolute Gasteiger partial charge is 0.379 e. The summed E-state index contributed by atoms with van der Waals surface area (Å²) in [5, 5.41) is 0. The smallest absolute Gasteiger partial charge is 0.0780 e. The summed E-state index contributed by atoms with van der Waals surface area (Å²) in [6.07, 6.45) is 2.32. The van der Waals surface area contributed by atoms with Gasteiger partial charge < -0.3 is 14.2 Å². The zero-order valence-corrected chi connectivity index (χ0v) is 14.8. The maximum absolute atomic E-state index is 5.72. The molecule has 0 saturated carbocycles. The van der Waals surface area contributed by atoms with Crippen molar-refractivity contribution in [3.8, 4) is 0 Å². The molecular weight excluding hydrogens is 252 g/mol. The highest BCUT2D eigenvalue weighted by Gasteiger charge is 2.11. The second-order valence-corrected chi connectivity index (χ2v) is 7.99. The van der Waals surface area contributed by atoms with E-state index in [-0.39, 0.29) is 6.10 Å². The molecule has 3 heteroatoms. The molecular formula is C17H36O3. The fourth-order valence-corrected chi connectivity index (χ4v) is 1.46. The summed E-state index contributed by atoms with van der Waals surface area (Å²) in [5.41, 5.74) is 0.678. The lowest BCUT2D eigenvalue weighted by molar-refractivity contribution is -0.0299. The van der Waals surface area contributed by atoms with Gasteiger partial charge in [0, 0.05) is 13.2 Å². The zero-order chi connectivity index (χ0) is 15.6. The zero-order valence-electron chi connectivity index (χ0n) is 14.8. The molecule has 3 nitrogen and oxygen atoms in total. The fourth-order valence-electron chi connectivity index (χ4n) is 1.46. The first-order valence-electron chi connectivity index (χ1n) is 7.87. The molecule has 0 rings (SSSR count). The van der Waals surface area contributed by atoms with E-state index in [9.17, 15) is 0 Å². The van der Waals surface area contributed by atoms with Crippen LogP contribution in [0, 0.1) is 10.8 Å². The minimum Gasteiger partial charge on any atom is -0.379 e. The Morgan fingerprint density at radius 3 is 1.75 bits per heavy atom. The molecule has 0 radical (unpaired) electrons. The van der Waals surface area contributed by atoms with Crippen molar-refractivity contribution in [1.29, 1.82) is 0 Å². The minimum atomic E-state index is 0.159. The van der Waals surface area contributed by atoms with E-state index >= 15 is 0 Å². The maximum Gasteiger partial charge on any atom is 0.0780 e. The molecule has 0 aliphatic rings. The highest BCUT2D eigenvalue weighted by Crippen LogP contribution is 2.18. The Morgan fingerprint density at radius 2 is 1.20 bits per heavy atom. The van der Waals surface area contributed by atoms with Crippen LogP contribution in [0.15, 0.2) is 0 Å². The van der Waals surface area contributed by atoms with Crippen molar-refractivity contribution >= 4 is 0 Å². The van der Waals surface area contributed by atoms with Crippen molar-refractivity contribution in [2.45, 2.75) is 67.4 Å². The monoisotopic (exact) mass is 288 g/mol. The van der Waals surface area contributed by atoms with Gasteiger partial charge in [-0.3, -0.25) is 0 Å². The predicted molar refractivity (Wildman–Crippen MR) is 85.2 cm³/mol. The average Bonchev–Trinajstić information content (AvgIpc) is 2.24. The summed E-state index contributed by atoms with van der Waals surface area (Å²) in [7, 11) is 0. The molecule has 0 fully saturated rings. The van der Waals surface area contributed by atoms with Crippen LogP contribution >= 0.6 is 0 Å². The van der Waals surface area contributed by atoms with Gasteiger partial charge in [0.2, 0.25) is 0 Å². The Kier molecular flexibility index (Phi) is 9.69. The normalized spacial score (nSPS) is 14.6. The van der Waals surface area contributed by atoms with Crippen molar-refractivity contribution in [1.82, 2.24) is 0 Å². The molecule has 0 saturated heterocycles. The fraction of sp³-hybridized carbons (Fsp3) is 1.00. The third-order valence-corrected chi connectivity index (χ3v) is 2.98. The molecule has 0 amide bonds. The van der Waals surface area contributed by atoms with E-state index in [1.54, 1.807) is 0 Å². The van der Waals surface area contributed by atoms with Crippen LogP contribution < -0.4 is 0 Å². The van der Waals surface area contributed by atoms with Crippen molar-refractivity contribution in [2.24, 2.45) is 10.8 Å². The molecule has 0 spiro atoms. The van der Waals surface area contributed by atoms with Crippen LogP contribution in [0.4, 0.5) is 0 Å². The molecule has 0 aromatic rings. The van der Waals surface area contributed by atoms with Crippen LogP contribution in [0.25, 0.3) is 0 Å². The van der Waals surface area contributed by atoms with E-state index in [0.717, 1.165) is 26.1 Å². The molecule has 0 N–H and O–H groups in total. The highest BCUT2D eigenvalue weighted by molar-refractivity contribution is 4.61. The van der Waals surface area contributed by atoms with Gasteiger partial charge in [-0.25, -0.2) is 0 Å². The van der Waals surface area contributed by atoms with E-state index in [2.05, 4.69) is 48.5 Å². The van der Waals surface area contributed by atoms with Gasteiger partial charge in [-0.15, -0.1) is 0 Å². The van der Waals surface area contributed by atoms with Gasteiger partial charge in [-0.2, -0.15) is 0 Å². The minimum absolute atomic E-state index is 0.159. The molecule has 0 aliphatic heterocycles. The second kappa shape index (κ2) is 9.75. The first-order valence-corrected chi connectivity index (χ1v) is 7.87. The summed E-state index contributed by atoms with van der Waals surface area (Å²) in [6.45, 7) is 19.0. The summed E-state index contributed by atoms with van der Waals surface area (Å²) in [5.74, 6) is 0. The van der Waals surface area contributed by atoms with Crippen LogP contribution in [-0.4, -0.2) is 39.1 Å². The lowest BCUT2D eigenvalue weighted by Crippen LogP contribution is -2.20. The van der Waals surface area contributed by atoms with E-state index < -0.39 is 0 Å². The third-order valence-electron chi connectivity index (χ3n) is 2.98. The van der Waals surface area contributed by atoms with E-state index in [4.69, 9.17) is 14.2 Å². The first-order chi connectivity index (χ1) is 9.10. The number of rotatable bonds is 10. The Morgan fingerprint density at radius 1 is 0.700 bits per heavy atom. The highest BCUT2D eigenvalue weighted by atomic mass is 16.5. The molecule has 122 valence electrons. The van der Waals surface area contributed by atoms with Gasteiger partial charge in [0.05, 0.1) is 25.9 Å². The van der Waals surface area contributed by atoms with Crippen molar-refractivity contribution in [2.75, 3.05) is 33.0 Å². The number of ether oxygens (including phenoxy) is 3. The first kappa shape index (κ1) is 19.9. The van der Waals surface area contributed by atoms with Gasteiger partial charge in [0.1, 0.15) is 0 Å². The molecule has 0 heterocycles. The lowest BCUT2D eigenvalue weighted by atomic mass is 9.93. The Labute approximate surface area is 126 Å². The van der Waals surface area contributed by atoms with Crippen molar-refractivity contribution in [3.05, 3.63) is 0 Å². The Hall–Kier alpha value is -0.120. The summed E-state index contributed by atoms with van der Waals surface area (Å²) < 4.78 is 16.8. The third kappa shape index (κ3) is 15.9. The molecule has 0 bridgehead atoms. The lowest BCUT2D eigenvalue weighted by Gasteiger charge is -2.20. The van der Waals surface area contributed by atoms with E-state index in [1.165, 1.54) is 0 Å². The topological polar surface area (TPSA) is 27.7 Å². The Balaban J connectivity index is 3.34. The standard InChI is InChI=1S/C17H36O3/c1-15(20-11-9-17(5,6)7)14-19-13-12-18-10-8-16(2,3)4/h15H,8-14H2,1-7H3. The summed E-state index contributed by atoms with van der Waals surface area (Å²) in [6, 6.07) is 0. The maximum atomic E-state index is 5.72. The van der Waals surface area contributed by atoms with Crippen LogP contribution in [-0.2, 0) is 14.2 Å². The van der Waals surface area contributed by atoms with Crippen LogP contribution in [0.1, 0.15) is 61.3 Å². The predicted octanol–water partition coefficient (Wildman–Crippen LogP) is 4.30. The van der Waals surface area contributed by atoms with Gasteiger partial charge in [-0.1, -0.05) is 41.5 Å². The van der Waals surface area contributed by atoms with Crippen LogP contribution in [0.5, 0.6) is 0 Å². The van der Waals surface area contributed by atoms with Crippen LogP contribution in [0.3, 0.4) is 0 Å². The van der Waals surface area contributed by atoms with Crippen LogP contribution in [0.2, 0.25) is 0 Å². The molecule has 0 aromatic carbocycles. The van der Waals surface area contributed by atoms with Gasteiger partial charge in [0.15, 0.2) is 0 Å². The van der Waals surface area contributed by atoms with Gasteiger partial charge in [0.25, 0.3) is 0 Å². The van der Waals surface area contributed by atoms with Gasteiger partial charge in [-0.05, 0) is 30.6 Å². The SMILES string of the molecule is CC(COCCOCCC(C)(C)C)OCCC(C)(C)C. The Bertz CT molecular complexity index is 225. The average molecular weight is 288 g/mol. The quantitative estimate of drug-likeness (QED) is 0.561. The van der Waals surface area contributed by atoms with Crippen molar-refractivity contribution < 1.29 is 14.2 Å². The van der Waals surface area contributed by atoms with Gasteiger partial charge >= 0.3 is 0 Å².